The highest BCUT2D eigenvalue weighted by atomic mass is 19.4. The number of alkyl halides is 3. The Labute approximate surface area is 83.7 Å². The van der Waals surface area contributed by atoms with Gasteiger partial charge in [-0.15, -0.1) is 6.58 Å². The molecule has 0 fully saturated rings. The number of benzene rings is 1. The summed E-state index contributed by atoms with van der Waals surface area (Å²) < 4.78 is 49.5. The minimum atomic E-state index is -4.58. The van der Waals surface area contributed by atoms with Crippen LogP contribution in [0.1, 0.15) is 17.2 Å². The smallest absolute Gasteiger partial charge is 0.384 e. The Balaban J connectivity index is 3.14. The summed E-state index contributed by atoms with van der Waals surface area (Å²) in [7, 11) is 0. The Morgan fingerprint density at radius 1 is 1.33 bits per heavy atom. The van der Waals surface area contributed by atoms with Crippen molar-refractivity contribution in [2.45, 2.75) is 12.3 Å². The SMILES string of the molecule is C=CC(O)c1ccc(C(F)(F)F)cc1F. The zero-order valence-electron chi connectivity index (χ0n) is 7.55. The Hall–Kier alpha value is -1.36. The maximum Gasteiger partial charge on any atom is 0.416 e. The van der Waals surface area contributed by atoms with Gasteiger partial charge in [-0.3, -0.25) is 0 Å². The molecule has 0 heterocycles. The third-order valence-electron chi connectivity index (χ3n) is 1.87. The summed E-state index contributed by atoms with van der Waals surface area (Å²) in [5.74, 6) is -1.10. The molecule has 1 rings (SSSR count). The Bertz CT molecular complexity index is 370. The van der Waals surface area contributed by atoms with E-state index < -0.39 is 23.7 Å². The zero-order valence-corrected chi connectivity index (χ0v) is 7.55. The summed E-state index contributed by atoms with van der Waals surface area (Å²) in [5, 5.41) is 9.16. The molecule has 0 saturated carbocycles. The standard InChI is InChI=1S/C10H8F4O/c1-2-9(15)7-4-3-6(5-8(7)11)10(12,13)14/h2-5,9,15H,1H2. The molecule has 1 atom stereocenters. The normalized spacial score (nSPS) is 13.7. The molecule has 1 aromatic carbocycles. The van der Waals surface area contributed by atoms with E-state index in [-0.39, 0.29) is 5.56 Å². The van der Waals surface area contributed by atoms with E-state index in [2.05, 4.69) is 6.58 Å². The summed E-state index contributed by atoms with van der Waals surface area (Å²) in [6, 6.07) is 1.96. The number of halogens is 4. The lowest BCUT2D eigenvalue weighted by Gasteiger charge is -2.10. The zero-order chi connectivity index (χ0) is 11.6. The lowest BCUT2D eigenvalue weighted by Crippen LogP contribution is -2.07. The van der Waals surface area contributed by atoms with Crippen LogP contribution in [-0.4, -0.2) is 5.11 Å². The monoisotopic (exact) mass is 220 g/mol. The second kappa shape index (κ2) is 4.02. The van der Waals surface area contributed by atoms with E-state index >= 15 is 0 Å². The molecule has 82 valence electrons. The highest BCUT2D eigenvalue weighted by Crippen LogP contribution is 2.31. The average Bonchev–Trinajstić information content (AvgIpc) is 2.15. The molecule has 1 aromatic rings. The van der Waals surface area contributed by atoms with Gasteiger partial charge in [-0.2, -0.15) is 13.2 Å². The molecular weight excluding hydrogens is 212 g/mol. The van der Waals surface area contributed by atoms with E-state index in [4.69, 9.17) is 5.11 Å². The fraction of sp³-hybridized carbons (Fsp3) is 0.200. The first-order chi connectivity index (χ1) is 6.86. The number of aliphatic hydroxyl groups excluding tert-OH is 1. The molecule has 0 radical (unpaired) electrons. The number of hydrogen-bond donors (Lipinski definition) is 1. The van der Waals surface area contributed by atoms with Crippen molar-refractivity contribution in [1.82, 2.24) is 0 Å². The summed E-state index contributed by atoms with van der Waals surface area (Å²) in [4.78, 5) is 0. The van der Waals surface area contributed by atoms with Crippen LogP contribution < -0.4 is 0 Å². The average molecular weight is 220 g/mol. The maximum atomic E-state index is 13.1. The maximum absolute atomic E-state index is 13.1. The van der Waals surface area contributed by atoms with Crippen molar-refractivity contribution in [2.24, 2.45) is 0 Å². The molecule has 0 bridgehead atoms. The fourth-order valence-electron chi connectivity index (χ4n) is 1.07. The van der Waals surface area contributed by atoms with E-state index in [1.165, 1.54) is 0 Å². The third-order valence-corrected chi connectivity index (χ3v) is 1.87. The van der Waals surface area contributed by atoms with Gasteiger partial charge in [0.2, 0.25) is 0 Å². The van der Waals surface area contributed by atoms with Crippen molar-refractivity contribution in [3.05, 3.63) is 47.8 Å². The topological polar surface area (TPSA) is 20.2 Å². The van der Waals surface area contributed by atoms with Crippen molar-refractivity contribution in [3.8, 4) is 0 Å². The van der Waals surface area contributed by atoms with E-state index in [1.807, 2.05) is 0 Å². The summed E-state index contributed by atoms with van der Waals surface area (Å²) >= 11 is 0. The van der Waals surface area contributed by atoms with Crippen LogP contribution in [0.4, 0.5) is 17.6 Å². The first-order valence-electron chi connectivity index (χ1n) is 4.03. The molecule has 1 unspecified atom stereocenters. The quantitative estimate of drug-likeness (QED) is 0.599. The largest absolute Gasteiger partial charge is 0.416 e. The molecule has 0 saturated heterocycles. The van der Waals surface area contributed by atoms with Crippen LogP contribution in [0.3, 0.4) is 0 Å². The molecule has 1 nitrogen and oxygen atoms in total. The van der Waals surface area contributed by atoms with E-state index in [9.17, 15) is 17.6 Å². The Kier molecular flexibility index (Phi) is 3.14. The van der Waals surface area contributed by atoms with Crippen molar-refractivity contribution >= 4 is 0 Å². The molecule has 15 heavy (non-hydrogen) atoms. The number of aliphatic hydroxyl groups is 1. The van der Waals surface area contributed by atoms with Gasteiger partial charge in [0.1, 0.15) is 5.82 Å². The minimum Gasteiger partial charge on any atom is -0.384 e. The molecule has 0 aliphatic heterocycles. The molecule has 5 heteroatoms. The van der Waals surface area contributed by atoms with E-state index in [0.717, 1.165) is 12.1 Å². The summed E-state index contributed by atoms with van der Waals surface area (Å²) in [5.41, 5.74) is -1.31. The summed E-state index contributed by atoms with van der Waals surface area (Å²) in [6.45, 7) is 3.21. The predicted molar refractivity (Wildman–Crippen MR) is 46.6 cm³/mol. The summed E-state index contributed by atoms with van der Waals surface area (Å²) in [6.07, 6.45) is -4.85. The Morgan fingerprint density at radius 3 is 2.33 bits per heavy atom. The first kappa shape index (κ1) is 11.7. The van der Waals surface area contributed by atoms with Crippen LogP contribution in [-0.2, 0) is 6.18 Å². The first-order valence-corrected chi connectivity index (χ1v) is 4.03. The highest BCUT2D eigenvalue weighted by molar-refractivity contribution is 5.29. The molecule has 0 spiro atoms. The minimum absolute atomic E-state index is 0.224. The van der Waals surface area contributed by atoms with Crippen molar-refractivity contribution in [2.75, 3.05) is 0 Å². The van der Waals surface area contributed by atoms with Crippen LogP contribution in [0.5, 0.6) is 0 Å². The van der Waals surface area contributed by atoms with Crippen molar-refractivity contribution < 1.29 is 22.7 Å². The van der Waals surface area contributed by atoms with Crippen molar-refractivity contribution in [1.29, 1.82) is 0 Å². The molecule has 0 aliphatic carbocycles. The molecular formula is C10H8F4O. The predicted octanol–water partition coefficient (Wildman–Crippen LogP) is 3.06. The van der Waals surface area contributed by atoms with Crippen LogP contribution >= 0.6 is 0 Å². The van der Waals surface area contributed by atoms with Crippen molar-refractivity contribution in [3.63, 3.8) is 0 Å². The van der Waals surface area contributed by atoms with Crippen LogP contribution in [0.15, 0.2) is 30.9 Å². The van der Waals surface area contributed by atoms with Gasteiger partial charge in [-0.05, 0) is 12.1 Å². The molecule has 0 aromatic heterocycles. The van der Waals surface area contributed by atoms with Gasteiger partial charge in [-0.1, -0.05) is 12.1 Å². The molecule has 0 amide bonds. The lowest BCUT2D eigenvalue weighted by atomic mass is 10.1. The second-order valence-electron chi connectivity index (χ2n) is 2.91. The molecule has 1 N–H and O–H groups in total. The van der Waals surface area contributed by atoms with Gasteiger partial charge in [-0.25, -0.2) is 4.39 Å². The van der Waals surface area contributed by atoms with E-state index in [1.54, 1.807) is 0 Å². The fourth-order valence-corrected chi connectivity index (χ4v) is 1.07. The van der Waals surface area contributed by atoms with Gasteiger partial charge < -0.3 is 5.11 Å². The third kappa shape index (κ3) is 2.56. The van der Waals surface area contributed by atoms with Crippen LogP contribution in [0.25, 0.3) is 0 Å². The Morgan fingerprint density at radius 2 is 1.93 bits per heavy atom. The number of rotatable bonds is 2. The molecule has 0 aliphatic rings. The second-order valence-corrected chi connectivity index (χ2v) is 2.91. The van der Waals surface area contributed by atoms with Gasteiger partial charge >= 0.3 is 6.18 Å². The van der Waals surface area contributed by atoms with Gasteiger partial charge in [0, 0.05) is 5.56 Å². The van der Waals surface area contributed by atoms with Gasteiger partial charge in [0.25, 0.3) is 0 Å². The highest BCUT2D eigenvalue weighted by Gasteiger charge is 2.31. The lowest BCUT2D eigenvalue weighted by molar-refractivity contribution is -0.137. The van der Waals surface area contributed by atoms with E-state index in [0.29, 0.717) is 12.1 Å². The number of hydrogen-bond acceptors (Lipinski definition) is 1. The van der Waals surface area contributed by atoms with Crippen LogP contribution in [0, 0.1) is 5.82 Å². The van der Waals surface area contributed by atoms with Gasteiger partial charge in [0.05, 0.1) is 11.7 Å². The van der Waals surface area contributed by atoms with Gasteiger partial charge in [0.15, 0.2) is 0 Å². The van der Waals surface area contributed by atoms with Crippen LogP contribution in [0.2, 0.25) is 0 Å².